The van der Waals surface area contributed by atoms with Crippen molar-refractivity contribution in [2.75, 3.05) is 42.9 Å². The molecular weight excluding hydrogens is 336 g/mol. The monoisotopic (exact) mass is 366 g/mol. The maximum atomic E-state index is 12.8. The first kappa shape index (κ1) is 19.2. The highest BCUT2D eigenvalue weighted by atomic mass is 16.2. The normalized spacial score (nSPS) is 14.3. The van der Waals surface area contributed by atoms with Crippen LogP contribution in [0.1, 0.15) is 42.2 Å². The average Bonchev–Trinajstić information content (AvgIpc) is 2.71. The molecule has 144 valence electrons. The van der Waals surface area contributed by atoms with Gasteiger partial charge in [0.25, 0.3) is 5.91 Å². The van der Waals surface area contributed by atoms with E-state index >= 15 is 0 Å². The lowest BCUT2D eigenvalue weighted by Crippen LogP contribution is -2.49. The molecule has 1 aliphatic heterocycles. The van der Waals surface area contributed by atoms with Crippen LogP contribution >= 0.6 is 0 Å². The van der Waals surface area contributed by atoms with Crippen LogP contribution in [-0.4, -0.2) is 48.5 Å². The number of anilines is 2. The van der Waals surface area contributed by atoms with Gasteiger partial charge in [0, 0.05) is 50.3 Å². The molecule has 5 nitrogen and oxygen atoms in total. The van der Waals surface area contributed by atoms with E-state index in [2.05, 4.69) is 53.3 Å². The summed E-state index contributed by atoms with van der Waals surface area (Å²) in [5.74, 6) is 0.0242. The van der Waals surface area contributed by atoms with E-state index in [0.29, 0.717) is 5.69 Å². The van der Waals surface area contributed by atoms with Crippen LogP contribution in [0.25, 0.3) is 0 Å². The Morgan fingerprint density at radius 2 is 1.93 bits per heavy atom. The Labute approximate surface area is 162 Å². The highest BCUT2D eigenvalue weighted by molar-refractivity contribution is 5.93. The smallest absolute Gasteiger partial charge is 0.272 e. The van der Waals surface area contributed by atoms with Crippen LogP contribution in [-0.2, 0) is 0 Å². The first-order valence-corrected chi connectivity index (χ1v) is 9.98. The molecule has 1 aromatic heterocycles. The van der Waals surface area contributed by atoms with Crippen molar-refractivity contribution >= 4 is 17.3 Å². The third-order valence-corrected chi connectivity index (χ3v) is 5.02. The zero-order chi connectivity index (χ0) is 19.1. The molecule has 0 bridgehead atoms. The number of hydrogen-bond donors (Lipinski definition) is 1. The zero-order valence-electron chi connectivity index (χ0n) is 16.4. The van der Waals surface area contributed by atoms with Gasteiger partial charge in [0.05, 0.1) is 0 Å². The summed E-state index contributed by atoms with van der Waals surface area (Å²) in [7, 11) is 0. The van der Waals surface area contributed by atoms with Crippen LogP contribution in [0, 0.1) is 6.92 Å². The van der Waals surface area contributed by atoms with Gasteiger partial charge in [-0.3, -0.25) is 9.78 Å². The SMILES string of the molecule is CCCCCNc1ccnc(C(=O)N2CCN(c3cccc(C)c3)CC2)c1. The summed E-state index contributed by atoms with van der Waals surface area (Å²) < 4.78 is 0. The van der Waals surface area contributed by atoms with E-state index in [0.717, 1.165) is 44.8 Å². The third kappa shape index (κ3) is 5.22. The van der Waals surface area contributed by atoms with Gasteiger partial charge in [-0.15, -0.1) is 0 Å². The molecule has 0 radical (unpaired) electrons. The van der Waals surface area contributed by atoms with Crippen molar-refractivity contribution in [1.82, 2.24) is 9.88 Å². The number of nitrogens with zero attached hydrogens (tertiary/aromatic N) is 3. The summed E-state index contributed by atoms with van der Waals surface area (Å²) in [6.45, 7) is 8.39. The number of hydrogen-bond acceptors (Lipinski definition) is 4. The second kappa shape index (κ2) is 9.40. The first-order chi connectivity index (χ1) is 13.2. The number of aromatic nitrogens is 1. The molecule has 1 aromatic carbocycles. The van der Waals surface area contributed by atoms with Crippen molar-refractivity contribution in [2.45, 2.75) is 33.1 Å². The Hall–Kier alpha value is -2.56. The molecule has 1 fully saturated rings. The number of amides is 1. The van der Waals surface area contributed by atoms with Gasteiger partial charge in [-0.2, -0.15) is 0 Å². The van der Waals surface area contributed by atoms with Gasteiger partial charge in [0.1, 0.15) is 5.69 Å². The summed E-state index contributed by atoms with van der Waals surface area (Å²) in [5, 5.41) is 3.39. The minimum absolute atomic E-state index is 0.0242. The molecular formula is C22H30N4O. The highest BCUT2D eigenvalue weighted by Crippen LogP contribution is 2.19. The van der Waals surface area contributed by atoms with Gasteiger partial charge in [-0.1, -0.05) is 31.9 Å². The second-order valence-electron chi connectivity index (χ2n) is 7.18. The van der Waals surface area contributed by atoms with Gasteiger partial charge in [0.15, 0.2) is 0 Å². The number of rotatable bonds is 7. The number of benzene rings is 1. The minimum Gasteiger partial charge on any atom is -0.385 e. The Morgan fingerprint density at radius 3 is 2.67 bits per heavy atom. The van der Waals surface area contributed by atoms with Crippen molar-refractivity contribution < 1.29 is 4.79 Å². The van der Waals surface area contributed by atoms with Crippen LogP contribution in [0.4, 0.5) is 11.4 Å². The van der Waals surface area contributed by atoms with E-state index in [1.807, 2.05) is 17.0 Å². The van der Waals surface area contributed by atoms with Crippen LogP contribution in [0.15, 0.2) is 42.6 Å². The van der Waals surface area contributed by atoms with Gasteiger partial charge in [-0.25, -0.2) is 0 Å². The van der Waals surface area contributed by atoms with E-state index in [9.17, 15) is 4.79 Å². The summed E-state index contributed by atoms with van der Waals surface area (Å²) in [4.78, 5) is 21.4. The molecule has 0 spiro atoms. The molecule has 1 N–H and O–H groups in total. The molecule has 1 saturated heterocycles. The maximum absolute atomic E-state index is 12.8. The lowest BCUT2D eigenvalue weighted by atomic mass is 10.2. The molecule has 0 unspecified atom stereocenters. The second-order valence-corrected chi connectivity index (χ2v) is 7.18. The molecule has 2 heterocycles. The Bertz CT molecular complexity index is 753. The summed E-state index contributed by atoms with van der Waals surface area (Å²) >= 11 is 0. The number of carbonyl (C=O) groups is 1. The van der Waals surface area contributed by atoms with Gasteiger partial charge in [-0.05, 0) is 43.2 Å². The fourth-order valence-electron chi connectivity index (χ4n) is 3.42. The topological polar surface area (TPSA) is 48.5 Å². The number of aryl methyl sites for hydroxylation is 1. The van der Waals surface area contributed by atoms with E-state index in [1.165, 1.54) is 24.1 Å². The van der Waals surface area contributed by atoms with Crippen LogP contribution in [0.2, 0.25) is 0 Å². The van der Waals surface area contributed by atoms with Gasteiger partial charge in [0.2, 0.25) is 0 Å². The third-order valence-electron chi connectivity index (χ3n) is 5.02. The molecule has 0 aliphatic carbocycles. The average molecular weight is 367 g/mol. The summed E-state index contributed by atoms with van der Waals surface area (Å²) in [5.41, 5.74) is 4.00. The molecule has 1 amide bonds. The quantitative estimate of drug-likeness (QED) is 0.754. The van der Waals surface area contributed by atoms with Crippen molar-refractivity contribution in [2.24, 2.45) is 0 Å². The lowest BCUT2D eigenvalue weighted by Gasteiger charge is -2.36. The molecule has 1 aliphatic rings. The van der Waals surface area contributed by atoms with Crippen molar-refractivity contribution in [3.63, 3.8) is 0 Å². The number of nitrogens with one attached hydrogen (secondary N) is 1. The first-order valence-electron chi connectivity index (χ1n) is 9.98. The predicted molar refractivity (Wildman–Crippen MR) is 112 cm³/mol. The minimum atomic E-state index is 0.0242. The Balaban J connectivity index is 1.56. The van der Waals surface area contributed by atoms with E-state index in [-0.39, 0.29) is 5.91 Å². The standard InChI is InChI=1S/C22H30N4O/c1-3-4-5-10-23-19-9-11-24-21(17-19)22(27)26-14-12-25(13-15-26)20-8-6-7-18(2)16-20/h6-9,11,16-17H,3-5,10,12-15H2,1-2H3,(H,23,24). The molecule has 3 rings (SSSR count). The molecule has 0 saturated carbocycles. The van der Waals surface area contributed by atoms with Crippen LogP contribution in [0.5, 0.6) is 0 Å². The van der Waals surface area contributed by atoms with Crippen molar-refractivity contribution in [1.29, 1.82) is 0 Å². The maximum Gasteiger partial charge on any atom is 0.272 e. The van der Waals surface area contributed by atoms with Crippen molar-refractivity contribution in [3.8, 4) is 0 Å². The van der Waals surface area contributed by atoms with E-state index < -0.39 is 0 Å². The fourth-order valence-corrected chi connectivity index (χ4v) is 3.42. The van der Waals surface area contributed by atoms with Gasteiger partial charge >= 0.3 is 0 Å². The predicted octanol–water partition coefficient (Wildman–Crippen LogP) is 3.95. The zero-order valence-corrected chi connectivity index (χ0v) is 16.4. The van der Waals surface area contributed by atoms with Crippen LogP contribution < -0.4 is 10.2 Å². The number of pyridine rings is 1. The number of carbonyl (C=O) groups excluding carboxylic acids is 1. The largest absolute Gasteiger partial charge is 0.385 e. The fraction of sp³-hybridized carbons (Fsp3) is 0.455. The van der Waals surface area contributed by atoms with Crippen molar-refractivity contribution in [3.05, 3.63) is 53.9 Å². The number of unbranched alkanes of at least 4 members (excludes halogenated alkanes) is 2. The van der Waals surface area contributed by atoms with E-state index in [1.54, 1.807) is 6.20 Å². The summed E-state index contributed by atoms with van der Waals surface area (Å²) in [6.07, 6.45) is 5.28. The number of piperazine rings is 1. The molecule has 2 aromatic rings. The lowest BCUT2D eigenvalue weighted by molar-refractivity contribution is 0.0741. The van der Waals surface area contributed by atoms with Crippen LogP contribution in [0.3, 0.4) is 0 Å². The summed E-state index contributed by atoms with van der Waals surface area (Å²) in [6, 6.07) is 12.3. The highest BCUT2D eigenvalue weighted by Gasteiger charge is 2.23. The molecule has 0 atom stereocenters. The Morgan fingerprint density at radius 1 is 1.11 bits per heavy atom. The van der Waals surface area contributed by atoms with Gasteiger partial charge < -0.3 is 15.1 Å². The van der Waals surface area contributed by atoms with E-state index in [4.69, 9.17) is 0 Å². The Kier molecular flexibility index (Phi) is 6.69. The molecule has 5 heteroatoms. The molecule has 27 heavy (non-hydrogen) atoms.